The zero-order chi connectivity index (χ0) is 13.3. The second-order valence-electron chi connectivity index (χ2n) is 4.52. The predicted octanol–water partition coefficient (Wildman–Crippen LogP) is 0.713. The van der Waals surface area contributed by atoms with Gasteiger partial charge in [0, 0.05) is 17.9 Å². The Hall–Kier alpha value is -1.56. The standard InChI is InChI=1S/C12H15N3O2S/c1-6-2-7-3-8(16)5-18-10(7)4-9(6)11(17)15-12(13)14/h4,7H,2-3,5H2,1H3,(H4,13,14,15,17). The highest BCUT2D eigenvalue weighted by Gasteiger charge is 2.30. The van der Waals surface area contributed by atoms with Gasteiger partial charge in [0.05, 0.1) is 5.75 Å². The van der Waals surface area contributed by atoms with Crippen LogP contribution in [0.15, 0.2) is 27.1 Å². The zero-order valence-corrected chi connectivity index (χ0v) is 10.9. The van der Waals surface area contributed by atoms with Crippen molar-refractivity contribution < 1.29 is 9.59 Å². The van der Waals surface area contributed by atoms with Crippen LogP contribution in [0.5, 0.6) is 0 Å². The van der Waals surface area contributed by atoms with Gasteiger partial charge in [0.1, 0.15) is 5.78 Å². The van der Waals surface area contributed by atoms with Crippen molar-refractivity contribution in [3.05, 3.63) is 22.1 Å². The monoisotopic (exact) mass is 265 g/mol. The van der Waals surface area contributed by atoms with Gasteiger partial charge >= 0.3 is 0 Å². The zero-order valence-electron chi connectivity index (χ0n) is 10.1. The van der Waals surface area contributed by atoms with E-state index in [9.17, 15) is 9.59 Å². The topological polar surface area (TPSA) is 98.5 Å². The second kappa shape index (κ2) is 4.97. The van der Waals surface area contributed by atoms with E-state index < -0.39 is 5.91 Å². The number of fused-ring (bicyclic) bond motifs is 1. The predicted molar refractivity (Wildman–Crippen MR) is 71.8 cm³/mol. The van der Waals surface area contributed by atoms with Crippen LogP contribution in [0.3, 0.4) is 0 Å². The summed E-state index contributed by atoms with van der Waals surface area (Å²) in [6, 6.07) is 0. The third-order valence-electron chi connectivity index (χ3n) is 3.04. The first-order valence-corrected chi connectivity index (χ1v) is 6.65. The van der Waals surface area contributed by atoms with Crippen LogP contribution in [0.1, 0.15) is 19.8 Å². The number of thioether (sulfide) groups is 1. The molecule has 1 aliphatic carbocycles. The Balaban J connectivity index is 2.26. The average molecular weight is 265 g/mol. The first kappa shape index (κ1) is 12.9. The SMILES string of the molecule is CC1=C(C(=O)N=C(N)N)C=C2SCC(=O)CC2C1. The van der Waals surface area contributed by atoms with Gasteiger partial charge in [-0.3, -0.25) is 9.59 Å². The van der Waals surface area contributed by atoms with E-state index in [0.717, 1.165) is 16.9 Å². The van der Waals surface area contributed by atoms with E-state index in [1.807, 2.05) is 13.0 Å². The molecule has 1 amide bonds. The number of nitrogens with two attached hydrogens (primary N) is 2. The highest BCUT2D eigenvalue weighted by Crippen LogP contribution is 2.41. The van der Waals surface area contributed by atoms with E-state index in [1.165, 1.54) is 11.8 Å². The lowest BCUT2D eigenvalue weighted by Crippen LogP contribution is -2.26. The molecule has 1 fully saturated rings. The smallest absolute Gasteiger partial charge is 0.280 e. The summed E-state index contributed by atoms with van der Waals surface area (Å²) in [7, 11) is 0. The van der Waals surface area contributed by atoms with Gasteiger partial charge in [0.15, 0.2) is 5.96 Å². The summed E-state index contributed by atoms with van der Waals surface area (Å²) >= 11 is 1.51. The minimum atomic E-state index is -0.407. The third-order valence-corrected chi connectivity index (χ3v) is 4.29. The quantitative estimate of drug-likeness (QED) is 0.537. The Bertz CT molecular complexity index is 501. The number of ketones is 1. The van der Waals surface area contributed by atoms with E-state index in [4.69, 9.17) is 11.5 Å². The number of aliphatic imine (C=N–C) groups is 1. The Morgan fingerprint density at radius 1 is 1.44 bits per heavy atom. The number of hydrogen-bond donors (Lipinski definition) is 2. The highest BCUT2D eigenvalue weighted by atomic mass is 32.2. The molecule has 0 aromatic heterocycles. The molecule has 1 heterocycles. The number of allylic oxidation sites excluding steroid dienone is 2. The van der Waals surface area contributed by atoms with Crippen molar-refractivity contribution in [3.8, 4) is 0 Å². The molecule has 5 nitrogen and oxygen atoms in total. The van der Waals surface area contributed by atoms with Gasteiger partial charge in [0.2, 0.25) is 0 Å². The molecule has 1 aliphatic heterocycles. The van der Waals surface area contributed by atoms with Crippen molar-refractivity contribution in [2.75, 3.05) is 5.75 Å². The number of hydrogen-bond acceptors (Lipinski definition) is 3. The molecule has 1 atom stereocenters. The first-order chi connectivity index (χ1) is 8.47. The molecule has 0 aromatic rings. The lowest BCUT2D eigenvalue weighted by atomic mass is 9.86. The molecule has 4 N–H and O–H groups in total. The largest absolute Gasteiger partial charge is 0.370 e. The first-order valence-electron chi connectivity index (χ1n) is 5.67. The minimum Gasteiger partial charge on any atom is -0.370 e. The van der Waals surface area contributed by atoms with Crippen molar-refractivity contribution in [1.29, 1.82) is 0 Å². The van der Waals surface area contributed by atoms with Crippen molar-refractivity contribution >= 4 is 29.4 Å². The van der Waals surface area contributed by atoms with Crippen LogP contribution < -0.4 is 11.5 Å². The molecular weight excluding hydrogens is 250 g/mol. The molecule has 18 heavy (non-hydrogen) atoms. The average Bonchev–Trinajstić information content (AvgIpc) is 2.26. The highest BCUT2D eigenvalue weighted by molar-refractivity contribution is 8.03. The number of rotatable bonds is 1. The number of nitrogens with zero attached hydrogens (tertiary/aromatic N) is 1. The van der Waals surface area contributed by atoms with Crippen LogP contribution >= 0.6 is 11.8 Å². The normalized spacial score (nSPS) is 23.3. The van der Waals surface area contributed by atoms with Crippen molar-refractivity contribution in [2.24, 2.45) is 22.4 Å². The van der Waals surface area contributed by atoms with Crippen LogP contribution in [0, 0.1) is 5.92 Å². The third kappa shape index (κ3) is 2.64. The van der Waals surface area contributed by atoms with E-state index >= 15 is 0 Å². The fraction of sp³-hybridized carbons (Fsp3) is 0.417. The van der Waals surface area contributed by atoms with Crippen LogP contribution in [0.25, 0.3) is 0 Å². The maximum Gasteiger partial charge on any atom is 0.280 e. The molecule has 1 saturated heterocycles. The lowest BCUT2D eigenvalue weighted by Gasteiger charge is -2.28. The molecule has 0 radical (unpaired) electrons. The van der Waals surface area contributed by atoms with E-state index in [2.05, 4.69) is 4.99 Å². The summed E-state index contributed by atoms with van der Waals surface area (Å²) in [5.74, 6) is 0.356. The summed E-state index contributed by atoms with van der Waals surface area (Å²) in [6.45, 7) is 1.88. The van der Waals surface area contributed by atoms with Crippen molar-refractivity contribution in [1.82, 2.24) is 0 Å². The minimum absolute atomic E-state index is 0.229. The maximum atomic E-state index is 11.8. The van der Waals surface area contributed by atoms with Gasteiger partial charge in [-0.2, -0.15) is 4.99 Å². The molecular formula is C12H15N3O2S. The molecule has 1 unspecified atom stereocenters. The summed E-state index contributed by atoms with van der Waals surface area (Å²) in [5.41, 5.74) is 11.9. The van der Waals surface area contributed by atoms with Gasteiger partial charge in [-0.1, -0.05) is 5.57 Å². The molecule has 0 saturated carbocycles. The van der Waals surface area contributed by atoms with Crippen LogP contribution in [0.4, 0.5) is 0 Å². The Morgan fingerprint density at radius 2 is 2.17 bits per heavy atom. The van der Waals surface area contributed by atoms with Gasteiger partial charge in [0.25, 0.3) is 5.91 Å². The number of amides is 1. The van der Waals surface area contributed by atoms with Crippen molar-refractivity contribution in [2.45, 2.75) is 19.8 Å². The molecule has 2 aliphatic rings. The summed E-state index contributed by atoms with van der Waals surface area (Å²) in [5, 5.41) is 0. The fourth-order valence-corrected chi connectivity index (χ4v) is 3.26. The summed E-state index contributed by atoms with van der Waals surface area (Å²) in [4.78, 5) is 27.9. The Labute approximate surface area is 109 Å². The fourth-order valence-electron chi connectivity index (χ4n) is 2.22. The molecule has 0 bridgehead atoms. The number of carbonyl (C=O) groups excluding carboxylic acids is 2. The van der Waals surface area contributed by atoms with Gasteiger partial charge < -0.3 is 11.5 Å². The van der Waals surface area contributed by atoms with E-state index in [1.54, 1.807) is 0 Å². The molecule has 0 aromatic carbocycles. The van der Waals surface area contributed by atoms with Gasteiger partial charge in [-0.05, 0) is 24.3 Å². The number of guanidine groups is 1. The molecule has 0 spiro atoms. The second-order valence-corrected chi connectivity index (χ2v) is 5.56. The van der Waals surface area contributed by atoms with Crippen LogP contribution in [-0.4, -0.2) is 23.4 Å². The number of Topliss-reactive ketones (excluding diaryl/α,β-unsaturated/α-hetero) is 1. The van der Waals surface area contributed by atoms with E-state index in [0.29, 0.717) is 17.7 Å². The lowest BCUT2D eigenvalue weighted by molar-refractivity contribution is -0.117. The van der Waals surface area contributed by atoms with Gasteiger partial charge in [-0.15, -0.1) is 11.8 Å². The van der Waals surface area contributed by atoms with Crippen LogP contribution in [0.2, 0.25) is 0 Å². The molecule has 96 valence electrons. The van der Waals surface area contributed by atoms with Crippen LogP contribution in [-0.2, 0) is 9.59 Å². The van der Waals surface area contributed by atoms with Crippen molar-refractivity contribution in [3.63, 3.8) is 0 Å². The number of carbonyl (C=O) groups is 2. The summed E-state index contributed by atoms with van der Waals surface area (Å²) < 4.78 is 0. The molecule has 6 heteroatoms. The summed E-state index contributed by atoms with van der Waals surface area (Å²) in [6.07, 6.45) is 3.13. The molecule has 2 rings (SSSR count). The maximum absolute atomic E-state index is 11.8. The van der Waals surface area contributed by atoms with E-state index in [-0.39, 0.29) is 17.7 Å². The Morgan fingerprint density at radius 3 is 2.83 bits per heavy atom. The Kier molecular flexibility index (Phi) is 3.56. The van der Waals surface area contributed by atoms with Gasteiger partial charge in [-0.25, -0.2) is 0 Å².